The Hall–Kier alpha value is -9.98. The lowest BCUT2D eigenvalue weighted by Crippen LogP contribution is -2.30. The van der Waals surface area contributed by atoms with E-state index in [1.165, 1.54) is 21.5 Å². The molecule has 0 bridgehead atoms. The van der Waals surface area contributed by atoms with Gasteiger partial charge >= 0.3 is 0 Å². The SMILES string of the molecule is [2H]c1nc(-n2c3ccc(-c4ccccc4)cc3c3ccc(Oc4cccc(-n5[c-][n+](-c6cc(-n7c8ccccc8c8ccccc87)cc(-n7c8ccccc8c8ccccc87)c6)c6ccccc65)c4)cc32)c([2H])c(C([2H])([2H])[2H])c1C([2H])([2H])[2H]. The highest BCUT2D eigenvalue weighted by Gasteiger charge is 2.21. The topological polar surface area (TPSA) is 45.7 Å². The van der Waals surface area contributed by atoms with Crippen LogP contribution in [0.3, 0.4) is 0 Å². The Bertz CT molecular complexity index is 4910. The molecule has 0 aliphatic carbocycles. The van der Waals surface area contributed by atoms with Gasteiger partial charge in [-0.2, -0.15) is 0 Å². The van der Waals surface area contributed by atoms with Crippen LogP contribution in [0.25, 0.3) is 116 Å². The second-order valence-electron chi connectivity index (χ2n) is 18.8. The maximum Gasteiger partial charge on any atom is 0.269 e. The summed E-state index contributed by atoms with van der Waals surface area (Å²) in [6.45, 7) is -6.05. The summed E-state index contributed by atoms with van der Waals surface area (Å²) in [4.78, 5) is 4.41. The second-order valence-corrected chi connectivity index (χ2v) is 18.8. The molecule has 5 heterocycles. The molecule has 0 fully saturated rings. The number of aromatic nitrogens is 6. The number of hydrogen-bond donors (Lipinski definition) is 0. The van der Waals surface area contributed by atoms with Crippen molar-refractivity contribution in [2.45, 2.75) is 13.7 Å². The zero-order chi connectivity index (χ0) is 56.5. The Morgan fingerprint density at radius 2 is 1.00 bits per heavy atom. The fraction of sp³-hybridized carbons (Fsp3) is 0.0294. The van der Waals surface area contributed by atoms with Crippen molar-refractivity contribution < 1.29 is 20.3 Å². The summed E-state index contributed by atoms with van der Waals surface area (Å²) in [5, 5.41) is 6.17. The van der Waals surface area contributed by atoms with Crippen molar-refractivity contribution in [3.63, 3.8) is 0 Å². The Labute approximate surface area is 443 Å². The number of para-hydroxylation sites is 6. The van der Waals surface area contributed by atoms with E-state index < -0.39 is 37.0 Å². The summed E-state index contributed by atoms with van der Waals surface area (Å²) < 4.78 is 85.3. The highest BCUT2D eigenvalue weighted by atomic mass is 16.5. The third-order valence-corrected chi connectivity index (χ3v) is 14.5. The van der Waals surface area contributed by atoms with Crippen LogP contribution >= 0.6 is 0 Å². The van der Waals surface area contributed by atoms with Crippen molar-refractivity contribution in [3.8, 4) is 51.2 Å². The van der Waals surface area contributed by atoms with Gasteiger partial charge in [0.25, 0.3) is 6.33 Å². The monoisotopic (exact) mass is 970 g/mol. The molecular weight excluding hydrogens is 917 g/mol. The lowest BCUT2D eigenvalue weighted by Gasteiger charge is -2.16. The van der Waals surface area contributed by atoms with Crippen molar-refractivity contribution in [3.05, 3.63) is 260 Å². The normalized spacial score (nSPS) is 13.8. The molecule has 0 radical (unpaired) electrons. The van der Waals surface area contributed by atoms with Crippen LogP contribution in [0, 0.1) is 20.0 Å². The number of hydrogen-bond acceptors (Lipinski definition) is 2. The van der Waals surface area contributed by atoms with Crippen molar-refractivity contribution in [1.29, 1.82) is 0 Å². The van der Waals surface area contributed by atoms with E-state index in [4.69, 9.17) is 14.3 Å². The van der Waals surface area contributed by atoms with E-state index in [2.05, 4.69) is 152 Å². The van der Waals surface area contributed by atoms with Gasteiger partial charge in [0.05, 0.1) is 58.2 Å². The molecular formula is C68H46N6O. The van der Waals surface area contributed by atoms with Crippen molar-refractivity contribution in [2.24, 2.45) is 0 Å². The Morgan fingerprint density at radius 1 is 0.427 bits per heavy atom. The highest BCUT2D eigenvalue weighted by molar-refractivity contribution is 6.12. The van der Waals surface area contributed by atoms with E-state index in [1.54, 1.807) is 10.6 Å². The summed E-state index contributed by atoms with van der Waals surface area (Å²) in [7, 11) is 0. The molecule has 10 aromatic carbocycles. The third-order valence-electron chi connectivity index (χ3n) is 14.5. The number of nitrogens with zero attached hydrogens (tertiary/aromatic N) is 6. The number of benzene rings is 10. The Morgan fingerprint density at radius 3 is 1.65 bits per heavy atom. The minimum absolute atomic E-state index is 0.188. The first kappa shape index (κ1) is 35.2. The zero-order valence-corrected chi connectivity index (χ0v) is 40.0. The average Bonchev–Trinajstić information content (AvgIpc) is 3.88. The minimum Gasteiger partial charge on any atom is -0.458 e. The molecule has 0 aliphatic rings. The smallest absolute Gasteiger partial charge is 0.269 e. The van der Waals surface area contributed by atoms with Crippen LogP contribution in [0.1, 0.15) is 22.1 Å². The van der Waals surface area contributed by atoms with Crippen LogP contribution in [-0.4, -0.2) is 23.3 Å². The molecule has 15 aromatic rings. The summed E-state index contributed by atoms with van der Waals surface area (Å²) in [6.07, 6.45) is 3.03. The zero-order valence-electron chi connectivity index (χ0n) is 48.0. The molecule has 0 saturated carbocycles. The van der Waals surface area contributed by atoms with Gasteiger partial charge in [0.2, 0.25) is 0 Å². The largest absolute Gasteiger partial charge is 0.458 e. The number of rotatable bonds is 8. The predicted molar refractivity (Wildman–Crippen MR) is 306 cm³/mol. The minimum atomic E-state index is -3.04. The van der Waals surface area contributed by atoms with Gasteiger partial charge in [-0.3, -0.25) is 13.7 Å². The van der Waals surface area contributed by atoms with Gasteiger partial charge in [-0.05, 0) is 127 Å². The van der Waals surface area contributed by atoms with Gasteiger partial charge in [-0.1, -0.05) is 140 Å². The first-order valence-electron chi connectivity index (χ1n) is 28.8. The second kappa shape index (κ2) is 16.8. The summed E-state index contributed by atoms with van der Waals surface area (Å²) in [5.41, 5.74) is 11.3. The number of imidazole rings is 1. The van der Waals surface area contributed by atoms with Crippen LogP contribution in [-0.2, 0) is 0 Å². The summed E-state index contributed by atoms with van der Waals surface area (Å²) in [5.74, 6) is 0.743. The van der Waals surface area contributed by atoms with E-state index in [9.17, 15) is 1.37 Å². The van der Waals surface area contributed by atoms with Gasteiger partial charge in [-0.25, -0.2) is 4.98 Å². The number of fused-ring (bicyclic) bond motifs is 10. The van der Waals surface area contributed by atoms with Gasteiger partial charge in [-0.15, -0.1) is 0 Å². The molecule has 5 aromatic heterocycles. The quantitative estimate of drug-likeness (QED) is 0.112. The molecule has 0 unspecified atom stereocenters. The summed E-state index contributed by atoms with van der Waals surface area (Å²) in [6, 6.07) is 77.6. The molecule has 0 amide bonds. The molecule has 7 nitrogen and oxygen atoms in total. The lowest BCUT2D eigenvalue weighted by molar-refractivity contribution is -0.572. The lowest BCUT2D eigenvalue weighted by atomic mass is 10.0. The molecule has 0 saturated heterocycles. The standard InChI is InChI=1S/C68H46N6O/c1-44-35-68(69-42-45(44)2)74-64-34-31-47(46-17-4-3-5-18-46)36-59(64)58-33-32-53(41-67(58)74)75-52-20-16-19-48(40-52)70-43-71(66-30-15-14-29-65(66)70)49-37-50(72-60-25-10-6-21-54(60)55-22-7-11-26-61(55)72)39-51(38-49)73-62-27-12-8-23-56(62)57-24-9-13-28-63(57)73/h3-42H,1-2H3/i1D3,2D3,35D,42D. The first-order chi connectivity index (χ1) is 40.3. The Kier molecular flexibility index (Phi) is 7.88. The van der Waals surface area contributed by atoms with Crippen molar-refractivity contribution in [2.75, 3.05) is 0 Å². The molecule has 7 heteroatoms. The van der Waals surface area contributed by atoms with Crippen molar-refractivity contribution >= 4 is 76.5 Å². The maximum atomic E-state index is 9.36. The number of pyridine rings is 1. The van der Waals surface area contributed by atoms with E-state index in [-0.39, 0.29) is 5.82 Å². The van der Waals surface area contributed by atoms with Crippen LogP contribution in [0.15, 0.2) is 243 Å². The molecule has 15 rings (SSSR count). The van der Waals surface area contributed by atoms with Gasteiger partial charge in [0.15, 0.2) is 0 Å². The molecule has 75 heavy (non-hydrogen) atoms. The van der Waals surface area contributed by atoms with E-state index in [0.717, 1.165) is 77.7 Å². The van der Waals surface area contributed by atoms with E-state index in [1.807, 2.05) is 102 Å². The van der Waals surface area contributed by atoms with E-state index in [0.29, 0.717) is 22.5 Å². The van der Waals surface area contributed by atoms with Crippen LogP contribution in [0.5, 0.6) is 11.5 Å². The number of ether oxygens (including phenoxy) is 1. The van der Waals surface area contributed by atoms with Gasteiger partial charge in [0, 0.05) is 64.2 Å². The predicted octanol–water partition coefficient (Wildman–Crippen LogP) is 16.5. The van der Waals surface area contributed by atoms with E-state index >= 15 is 0 Å². The van der Waals surface area contributed by atoms with Crippen LogP contribution in [0.2, 0.25) is 0 Å². The molecule has 0 aliphatic heterocycles. The maximum absolute atomic E-state index is 9.36. The highest BCUT2D eigenvalue weighted by Crippen LogP contribution is 2.40. The van der Waals surface area contributed by atoms with Gasteiger partial charge in [0.1, 0.15) is 17.3 Å². The first-order valence-corrected chi connectivity index (χ1v) is 24.8. The van der Waals surface area contributed by atoms with Crippen LogP contribution < -0.4 is 9.30 Å². The molecule has 0 N–H and O–H groups in total. The molecule has 0 spiro atoms. The van der Waals surface area contributed by atoms with Gasteiger partial charge < -0.3 is 13.9 Å². The molecule has 354 valence electrons. The van der Waals surface area contributed by atoms with Crippen molar-refractivity contribution in [1.82, 2.24) is 23.3 Å². The fourth-order valence-electron chi connectivity index (χ4n) is 11.2. The third kappa shape index (κ3) is 6.82. The molecule has 0 atom stereocenters. The fourth-order valence-corrected chi connectivity index (χ4v) is 11.2. The summed E-state index contributed by atoms with van der Waals surface area (Å²) >= 11 is 0. The average molecular weight is 971 g/mol. The Balaban J connectivity index is 0.882. The van der Waals surface area contributed by atoms with Crippen LogP contribution in [0.4, 0.5) is 0 Å².